The maximum atomic E-state index is 11.1. The molecule has 5 nitrogen and oxygen atoms in total. The first-order valence-corrected chi connectivity index (χ1v) is 8.62. The van der Waals surface area contributed by atoms with Crippen LogP contribution in [0.3, 0.4) is 0 Å². The van der Waals surface area contributed by atoms with Crippen molar-refractivity contribution >= 4 is 38.3 Å². The summed E-state index contributed by atoms with van der Waals surface area (Å²) < 4.78 is 0. The standard InChI is InChI=1S/C22H11N3O2/c26-25(27)14-8-9-17-18(11-14)24-22-20-15-6-2-1-4-12(15)10-13-5-3-7-16(19(13)20)21(22)23-17/h1-11H. The van der Waals surface area contributed by atoms with Crippen molar-refractivity contribution in [2.24, 2.45) is 0 Å². The molecule has 0 unspecified atom stereocenters. The summed E-state index contributed by atoms with van der Waals surface area (Å²) in [4.78, 5) is 20.4. The van der Waals surface area contributed by atoms with E-state index < -0.39 is 4.92 Å². The molecule has 0 radical (unpaired) electrons. The minimum absolute atomic E-state index is 0.0235. The summed E-state index contributed by atoms with van der Waals surface area (Å²) in [7, 11) is 0. The van der Waals surface area contributed by atoms with E-state index >= 15 is 0 Å². The Hall–Kier alpha value is -3.86. The van der Waals surface area contributed by atoms with E-state index in [1.165, 1.54) is 12.1 Å². The van der Waals surface area contributed by atoms with Crippen LogP contribution >= 0.6 is 0 Å². The highest BCUT2D eigenvalue weighted by molar-refractivity contribution is 6.22. The molecule has 27 heavy (non-hydrogen) atoms. The van der Waals surface area contributed by atoms with E-state index in [0.29, 0.717) is 11.0 Å². The topological polar surface area (TPSA) is 68.9 Å². The van der Waals surface area contributed by atoms with Gasteiger partial charge in [0.05, 0.1) is 27.3 Å². The monoisotopic (exact) mass is 349 g/mol. The van der Waals surface area contributed by atoms with Gasteiger partial charge in [-0.15, -0.1) is 0 Å². The van der Waals surface area contributed by atoms with Crippen LogP contribution in [0.15, 0.2) is 66.7 Å². The Kier molecular flexibility index (Phi) is 2.58. The number of nitrogens with zero attached hydrogens (tertiary/aromatic N) is 3. The molecule has 6 rings (SSSR count). The summed E-state index contributed by atoms with van der Waals surface area (Å²) in [5.74, 6) is 0. The lowest BCUT2D eigenvalue weighted by Crippen LogP contribution is -1.93. The molecule has 0 saturated heterocycles. The molecule has 1 aromatic heterocycles. The van der Waals surface area contributed by atoms with Gasteiger partial charge >= 0.3 is 0 Å². The van der Waals surface area contributed by atoms with Gasteiger partial charge in [0, 0.05) is 28.6 Å². The Balaban J connectivity index is 1.80. The Labute approximate surface area is 153 Å². The summed E-state index contributed by atoms with van der Waals surface area (Å²) >= 11 is 0. The van der Waals surface area contributed by atoms with Crippen LogP contribution in [0.5, 0.6) is 0 Å². The number of benzene rings is 4. The zero-order valence-electron chi connectivity index (χ0n) is 14.0. The first-order valence-electron chi connectivity index (χ1n) is 8.62. The molecule has 0 spiro atoms. The van der Waals surface area contributed by atoms with Crippen molar-refractivity contribution in [1.29, 1.82) is 0 Å². The number of non-ortho nitro benzene ring substituents is 1. The molecule has 5 aromatic rings. The van der Waals surface area contributed by atoms with E-state index in [1.54, 1.807) is 6.07 Å². The summed E-state index contributed by atoms with van der Waals surface area (Å²) in [6.07, 6.45) is 0. The number of hydrogen-bond donors (Lipinski definition) is 0. The molecule has 1 aliphatic rings. The van der Waals surface area contributed by atoms with Gasteiger partial charge in [0.25, 0.3) is 5.69 Å². The fourth-order valence-corrected chi connectivity index (χ4v) is 4.08. The van der Waals surface area contributed by atoms with Crippen LogP contribution in [0.4, 0.5) is 5.69 Å². The molecule has 4 aromatic carbocycles. The van der Waals surface area contributed by atoms with Gasteiger partial charge in [-0.25, -0.2) is 9.97 Å². The largest absolute Gasteiger partial charge is 0.271 e. The molecule has 0 amide bonds. The van der Waals surface area contributed by atoms with Crippen molar-refractivity contribution in [1.82, 2.24) is 9.97 Å². The molecule has 0 fully saturated rings. The van der Waals surface area contributed by atoms with Crippen LogP contribution in [0.2, 0.25) is 0 Å². The third-order valence-electron chi connectivity index (χ3n) is 5.24. The molecule has 1 aliphatic carbocycles. The molecule has 126 valence electrons. The number of aromatic nitrogens is 2. The van der Waals surface area contributed by atoms with Gasteiger partial charge in [-0.1, -0.05) is 42.5 Å². The number of fused-ring (bicyclic) bond motifs is 6. The van der Waals surface area contributed by atoms with E-state index in [2.05, 4.69) is 30.3 Å². The molecule has 0 N–H and O–H groups in total. The van der Waals surface area contributed by atoms with Crippen molar-refractivity contribution in [2.45, 2.75) is 0 Å². The van der Waals surface area contributed by atoms with E-state index in [-0.39, 0.29) is 5.69 Å². The SMILES string of the molecule is O=[N+]([O-])c1ccc2nc3c(nc2c1)-c1c2ccccc2cc2cccc-3c12. The van der Waals surface area contributed by atoms with Crippen molar-refractivity contribution in [3.8, 4) is 22.5 Å². The molecule has 1 heterocycles. The van der Waals surface area contributed by atoms with Crippen molar-refractivity contribution in [2.75, 3.05) is 0 Å². The highest BCUT2D eigenvalue weighted by atomic mass is 16.6. The maximum Gasteiger partial charge on any atom is 0.271 e. The van der Waals surface area contributed by atoms with Gasteiger partial charge in [0.1, 0.15) is 0 Å². The minimum Gasteiger partial charge on any atom is -0.258 e. The normalized spacial score (nSPS) is 12.0. The van der Waals surface area contributed by atoms with Crippen LogP contribution in [-0.2, 0) is 0 Å². The molecule has 0 aliphatic heterocycles. The molecule has 0 saturated carbocycles. The van der Waals surface area contributed by atoms with Crippen molar-refractivity contribution in [3.63, 3.8) is 0 Å². The smallest absolute Gasteiger partial charge is 0.258 e. The first-order chi connectivity index (χ1) is 13.2. The van der Waals surface area contributed by atoms with Crippen LogP contribution in [0, 0.1) is 10.1 Å². The van der Waals surface area contributed by atoms with E-state index in [9.17, 15) is 10.1 Å². The maximum absolute atomic E-state index is 11.1. The molecule has 5 heteroatoms. The average molecular weight is 349 g/mol. The lowest BCUT2D eigenvalue weighted by molar-refractivity contribution is -0.384. The number of nitro benzene ring substituents is 1. The molecule has 0 atom stereocenters. The van der Waals surface area contributed by atoms with Crippen LogP contribution < -0.4 is 0 Å². The predicted octanol–water partition coefficient (Wildman–Crippen LogP) is 5.49. The third kappa shape index (κ3) is 1.83. The quantitative estimate of drug-likeness (QED) is 0.223. The van der Waals surface area contributed by atoms with Crippen LogP contribution in [-0.4, -0.2) is 14.9 Å². The highest BCUT2D eigenvalue weighted by Gasteiger charge is 2.27. The first kappa shape index (κ1) is 14.3. The zero-order valence-corrected chi connectivity index (χ0v) is 14.0. The van der Waals surface area contributed by atoms with Gasteiger partial charge in [-0.05, 0) is 28.3 Å². The van der Waals surface area contributed by atoms with Crippen LogP contribution in [0.25, 0.3) is 55.1 Å². The van der Waals surface area contributed by atoms with Gasteiger partial charge in [-0.2, -0.15) is 0 Å². The Bertz CT molecular complexity index is 1460. The Morgan fingerprint density at radius 1 is 0.778 bits per heavy atom. The van der Waals surface area contributed by atoms with Gasteiger partial charge in [-0.3, -0.25) is 10.1 Å². The molecular weight excluding hydrogens is 338 g/mol. The lowest BCUT2D eigenvalue weighted by Gasteiger charge is -2.07. The Morgan fingerprint density at radius 2 is 1.59 bits per heavy atom. The Morgan fingerprint density at radius 3 is 2.48 bits per heavy atom. The highest BCUT2D eigenvalue weighted by Crippen LogP contribution is 2.49. The second kappa shape index (κ2) is 4.86. The number of rotatable bonds is 1. The summed E-state index contributed by atoms with van der Waals surface area (Å²) in [6.45, 7) is 0. The predicted molar refractivity (Wildman–Crippen MR) is 106 cm³/mol. The van der Waals surface area contributed by atoms with E-state index in [4.69, 9.17) is 9.97 Å². The summed E-state index contributed by atoms with van der Waals surface area (Å²) in [6, 6.07) is 21.3. The van der Waals surface area contributed by atoms with E-state index in [1.807, 2.05) is 18.2 Å². The third-order valence-corrected chi connectivity index (χ3v) is 5.24. The molecule has 0 bridgehead atoms. The van der Waals surface area contributed by atoms with Gasteiger partial charge in [0.15, 0.2) is 0 Å². The summed E-state index contributed by atoms with van der Waals surface area (Å²) in [5, 5.41) is 15.7. The van der Waals surface area contributed by atoms with Crippen LogP contribution in [0.1, 0.15) is 0 Å². The van der Waals surface area contributed by atoms with Gasteiger partial charge in [0.2, 0.25) is 0 Å². The zero-order chi connectivity index (χ0) is 18.1. The lowest BCUT2D eigenvalue weighted by atomic mass is 9.97. The average Bonchev–Trinajstić information content (AvgIpc) is 3.01. The fraction of sp³-hybridized carbons (Fsp3) is 0. The minimum atomic E-state index is -0.404. The van der Waals surface area contributed by atoms with Crippen molar-refractivity contribution in [3.05, 3.63) is 76.8 Å². The molecular formula is C22H11N3O2. The van der Waals surface area contributed by atoms with Crippen molar-refractivity contribution < 1.29 is 4.92 Å². The van der Waals surface area contributed by atoms with Gasteiger partial charge < -0.3 is 0 Å². The number of nitro groups is 1. The second-order valence-corrected chi connectivity index (χ2v) is 6.73. The summed E-state index contributed by atoms with van der Waals surface area (Å²) in [5.41, 5.74) is 4.99. The second-order valence-electron chi connectivity index (χ2n) is 6.73. The number of hydrogen-bond acceptors (Lipinski definition) is 4. The van der Waals surface area contributed by atoms with E-state index in [0.717, 1.165) is 44.1 Å². The fourth-order valence-electron chi connectivity index (χ4n) is 4.08.